The monoisotopic (exact) mass is 492 g/mol. The van der Waals surface area contributed by atoms with Crippen LogP contribution in [0.1, 0.15) is 13.3 Å². The summed E-state index contributed by atoms with van der Waals surface area (Å²) in [5.41, 5.74) is 1.43. The van der Waals surface area contributed by atoms with Crippen molar-refractivity contribution in [3.63, 3.8) is 0 Å². The summed E-state index contributed by atoms with van der Waals surface area (Å²) in [5.74, 6) is -0.568. The number of non-ortho nitro benzene ring substituents is 1. The summed E-state index contributed by atoms with van der Waals surface area (Å²) in [6.45, 7) is 2.19. The van der Waals surface area contributed by atoms with Gasteiger partial charge in [0.15, 0.2) is 15.0 Å². The lowest BCUT2D eigenvalue weighted by atomic mass is 10.2. The third kappa shape index (κ3) is 4.86. The Labute approximate surface area is 193 Å². The zero-order valence-corrected chi connectivity index (χ0v) is 19.3. The fourth-order valence-corrected chi connectivity index (χ4v) is 6.61. The van der Waals surface area contributed by atoms with Crippen LogP contribution in [-0.4, -0.2) is 63.5 Å². The van der Waals surface area contributed by atoms with Crippen molar-refractivity contribution in [3.8, 4) is 5.69 Å². The minimum absolute atomic E-state index is 0.0109. The first kappa shape index (κ1) is 23.2. The third-order valence-electron chi connectivity index (χ3n) is 5.54. The van der Waals surface area contributed by atoms with Crippen LogP contribution in [0.15, 0.2) is 47.6 Å². The topological polar surface area (TPSA) is 115 Å². The van der Waals surface area contributed by atoms with E-state index >= 15 is 0 Å². The zero-order chi connectivity index (χ0) is 23.8. The van der Waals surface area contributed by atoms with Crippen molar-refractivity contribution in [2.24, 2.45) is 0 Å². The number of hydrogen-bond acceptors (Lipinski definition) is 7. The Morgan fingerprint density at radius 1 is 1.30 bits per heavy atom. The van der Waals surface area contributed by atoms with Gasteiger partial charge in [-0.25, -0.2) is 17.8 Å². The fourth-order valence-electron chi connectivity index (χ4n) is 3.97. The first-order valence-electron chi connectivity index (χ1n) is 10.2. The van der Waals surface area contributed by atoms with Crippen LogP contribution < -0.4 is 0 Å². The minimum atomic E-state index is -3.13. The Balaban J connectivity index is 1.64. The van der Waals surface area contributed by atoms with Gasteiger partial charge in [0.25, 0.3) is 5.69 Å². The summed E-state index contributed by atoms with van der Waals surface area (Å²) in [7, 11) is -3.13. The van der Waals surface area contributed by atoms with Crippen molar-refractivity contribution in [3.05, 3.63) is 58.4 Å². The quantitative estimate of drug-likeness (QED) is 0.283. The van der Waals surface area contributed by atoms with Crippen LogP contribution in [0.3, 0.4) is 0 Å². The van der Waals surface area contributed by atoms with E-state index in [-0.39, 0.29) is 34.9 Å². The van der Waals surface area contributed by atoms with Gasteiger partial charge in [-0.3, -0.25) is 19.5 Å². The molecule has 2 heterocycles. The summed E-state index contributed by atoms with van der Waals surface area (Å²) in [6.07, 6.45) is 0.421. The first-order chi connectivity index (χ1) is 15.7. The second kappa shape index (κ2) is 9.10. The molecule has 2 aromatic carbocycles. The maximum Gasteiger partial charge on any atom is 0.271 e. The number of nitro groups is 1. The molecule has 3 aromatic rings. The Hall–Kier alpha value is -2.99. The molecule has 9 nitrogen and oxygen atoms in total. The Kier molecular flexibility index (Phi) is 6.39. The number of carbonyl (C=O) groups excluding carboxylic acids is 1. The van der Waals surface area contributed by atoms with E-state index in [4.69, 9.17) is 0 Å². The minimum Gasteiger partial charge on any atom is -0.338 e. The molecular formula is C21H21FN4O5S2. The van der Waals surface area contributed by atoms with Crippen LogP contribution in [0.4, 0.5) is 10.1 Å². The van der Waals surface area contributed by atoms with E-state index in [0.717, 1.165) is 11.8 Å². The number of imidazole rings is 1. The van der Waals surface area contributed by atoms with Crippen LogP contribution in [0.2, 0.25) is 0 Å². The van der Waals surface area contributed by atoms with Gasteiger partial charge in [-0.1, -0.05) is 11.8 Å². The largest absolute Gasteiger partial charge is 0.338 e. The van der Waals surface area contributed by atoms with E-state index in [9.17, 15) is 27.7 Å². The van der Waals surface area contributed by atoms with Gasteiger partial charge in [-0.15, -0.1) is 0 Å². The summed E-state index contributed by atoms with van der Waals surface area (Å²) in [5, 5.41) is 11.6. The molecule has 1 saturated heterocycles. The van der Waals surface area contributed by atoms with E-state index in [0.29, 0.717) is 34.8 Å². The number of carbonyl (C=O) groups is 1. The summed E-state index contributed by atoms with van der Waals surface area (Å²) < 4.78 is 38.9. The molecule has 1 amide bonds. The molecule has 4 rings (SSSR count). The number of thioether (sulfide) groups is 1. The molecule has 1 fully saturated rings. The van der Waals surface area contributed by atoms with Gasteiger partial charge in [-0.2, -0.15) is 0 Å². The number of hydrogen-bond donors (Lipinski definition) is 0. The van der Waals surface area contributed by atoms with Gasteiger partial charge in [-0.05, 0) is 43.7 Å². The van der Waals surface area contributed by atoms with Crippen LogP contribution in [0.5, 0.6) is 0 Å². The highest BCUT2D eigenvalue weighted by Gasteiger charge is 2.34. The highest BCUT2D eigenvalue weighted by Crippen LogP contribution is 2.31. The first-order valence-corrected chi connectivity index (χ1v) is 13.0. The van der Waals surface area contributed by atoms with E-state index < -0.39 is 20.6 Å². The van der Waals surface area contributed by atoms with Gasteiger partial charge in [0.2, 0.25) is 5.91 Å². The van der Waals surface area contributed by atoms with E-state index in [1.807, 2.05) is 0 Å². The second-order valence-corrected chi connectivity index (χ2v) is 10.8. The van der Waals surface area contributed by atoms with Gasteiger partial charge < -0.3 is 4.90 Å². The van der Waals surface area contributed by atoms with Crippen molar-refractivity contribution < 1.29 is 22.5 Å². The molecular weight excluding hydrogens is 471 g/mol. The molecule has 0 spiro atoms. The molecule has 0 radical (unpaired) electrons. The molecule has 0 unspecified atom stereocenters. The van der Waals surface area contributed by atoms with Crippen molar-refractivity contribution in [1.82, 2.24) is 14.5 Å². The molecule has 174 valence electrons. The number of benzene rings is 2. The number of aromatic nitrogens is 2. The third-order valence-corrected chi connectivity index (χ3v) is 8.21. The number of nitro benzene ring substituents is 1. The lowest BCUT2D eigenvalue weighted by Gasteiger charge is -2.26. The Morgan fingerprint density at radius 2 is 2.03 bits per heavy atom. The number of halogens is 1. The molecule has 33 heavy (non-hydrogen) atoms. The predicted molar refractivity (Wildman–Crippen MR) is 123 cm³/mol. The lowest BCUT2D eigenvalue weighted by molar-refractivity contribution is -0.384. The van der Waals surface area contributed by atoms with E-state index in [2.05, 4.69) is 4.98 Å². The average Bonchev–Trinajstić information content (AvgIpc) is 3.32. The smallest absolute Gasteiger partial charge is 0.271 e. The van der Waals surface area contributed by atoms with Crippen LogP contribution in [0.25, 0.3) is 16.7 Å². The highest BCUT2D eigenvalue weighted by molar-refractivity contribution is 7.99. The number of sulfone groups is 1. The van der Waals surface area contributed by atoms with Gasteiger partial charge >= 0.3 is 0 Å². The fraction of sp³-hybridized carbons (Fsp3) is 0.333. The van der Waals surface area contributed by atoms with Gasteiger partial charge in [0.1, 0.15) is 5.82 Å². The number of nitrogens with zero attached hydrogens (tertiary/aromatic N) is 4. The normalized spacial score (nSPS) is 17.3. The zero-order valence-electron chi connectivity index (χ0n) is 17.7. The highest BCUT2D eigenvalue weighted by atomic mass is 32.2. The number of rotatable bonds is 7. The van der Waals surface area contributed by atoms with Crippen molar-refractivity contribution >= 4 is 44.2 Å². The summed E-state index contributed by atoms with van der Waals surface area (Å²) >= 11 is 1.14. The molecule has 0 aliphatic carbocycles. The van der Waals surface area contributed by atoms with E-state index in [1.165, 1.54) is 24.3 Å². The predicted octanol–water partition coefficient (Wildman–Crippen LogP) is 3.20. The molecule has 0 bridgehead atoms. The summed E-state index contributed by atoms with van der Waals surface area (Å²) in [6, 6.07) is 9.66. The van der Waals surface area contributed by atoms with Crippen molar-refractivity contribution in [1.29, 1.82) is 0 Å². The molecule has 1 aliphatic rings. The van der Waals surface area contributed by atoms with Gasteiger partial charge in [0.05, 0.1) is 33.2 Å². The lowest BCUT2D eigenvalue weighted by Crippen LogP contribution is -2.42. The summed E-state index contributed by atoms with van der Waals surface area (Å²) in [4.78, 5) is 29.7. The van der Waals surface area contributed by atoms with Crippen LogP contribution >= 0.6 is 11.8 Å². The number of amides is 1. The standard InChI is InChI=1S/C21H21FN4O5S2/c1-2-24(17-9-10-33(30,31)13-17)20(27)12-32-21-23-18-11-16(26(28)29)7-8-19(18)25(21)15-5-3-14(22)4-6-15/h3-8,11,17H,2,9-10,12-13H2,1H3/t17-/m0/s1. The van der Waals surface area contributed by atoms with Crippen molar-refractivity contribution in [2.75, 3.05) is 23.8 Å². The second-order valence-electron chi connectivity index (χ2n) is 7.66. The average molecular weight is 493 g/mol. The molecule has 0 saturated carbocycles. The van der Waals surface area contributed by atoms with Crippen LogP contribution in [-0.2, 0) is 14.6 Å². The molecule has 1 aliphatic heterocycles. The van der Waals surface area contributed by atoms with Crippen molar-refractivity contribution in [2.45, 2.75) is 24.5 Å². The molecule has 1 aromatic heterocycles. The SMILES string of the molecule is CCN(C(=O)CSc1nc2cc([N+](=O)[O-])ccc2n1-c1ccc(F)cc1)[C@H]1CCS(=O)(=O)C1. The van der Waals surface area contributed by atoms with Gasteiger partial charge in [0, 0.05) is 30.4 Å². The van der Waals surface area contributed by atoms with E-state index in [1.54, 1.807) is 34.6 Å². The maximum atomic E-state index is 13.5. The molecule has 1 atom stereocenters. The number of fused-ring (bicyclic) bond motifs is 1. The van der Waals surface area contributed by atoms with Crippen LogP contribution in [0, 0.1) is 15.9 Å². The Morgan fingerprint density at radius 3 is 2.64 bits per heavy atom. The Bertz CT molecular complexity index is 1320. The maximum absolute atomic E-state index is 13.5. The molecule has 12 heteroatoms. The molecule has 0 N–H and O–H groups in total.